The van der Waals surface area contributed by atoms with Crippen molar-refractivity contribution in [1.29, 1.82) is 0 Å². The molecule has 0 fully saturated rings. The number of hydrogen-bond donors (Lipinski definition) is 0. The summed E-state index contributed by atoms with van der Waals surface area (Å²) < 4.78 is 2.69. The van der Waals surface area contributed by atoms with Crippen LogP contribution in [-0.4, -0.2) is 0 Å². The fraction of sp³-hybridized carbons (Fsp3) is 0.0612. The molecule has 242 valence electrons. The molecule has 8 aromatic carbocycles. The third-order valence-electron chi connectivity index (χ3n) is 10.9. The second-order valence-electron chi connectivity index (χ2n) is 14.1. The summed E-state index contributed by atoms with van der Waals surface area (Å²) >= 11 is 1.90. The highest BCUT2D eigenvalue weighted by atomic mass is 32.1. The Labute approximate surface area is 302 Å². The van der Waals surface area contributed by atoms with E-state index >= 15 is 0 Å². The largest absolute Gasteiger partial charge is 0.311 e. The SMILES string of the molecule is CC1(C)c2ccc(-c3cccc4c3sc3ccccc34)cc2-c2c(-c3ccc(N(c4ccccc4)c4ccccc4)cc3)ccc3cccc1c23. The van der Waals surface area contributed by atoms with Crippen molar-refractivity contribution in [3.05, 3.63) is 187 Å². The van der Waals surface area contributed by atoms with E-state index in [1.54, 1.807) is 0 Å². The average Bonchev–Trinajstić information content (AvgIpc) is 3.57. The predicted octanol–water partition coefficient (Wildman–Crippen LogP) is 14.3. The number of hydrogen-bond acceptors (Lipinski definition) is 2. The van der Waals surface area contributed by atoms with Crippen molar-refractivity contribution >= 4 is 59.3 Å². The topological polar surface area (TPSA) is 3.24 Å². The molecule has 0 amide bonds. The Morgan fingerprint density at radius 1 is 0.451 bits per heavy atom. The molecule has 2 heteroatoms. The van der Waals surface area contributed by atoms with Crippen molar-refractivity contribution in [2.45, 2.75) is 19.3 Å². The van der Waals surface area contributed by atoms with Gasteiger partial charge in [-0.25, -0.2) is 0 Å². The molecule has 1 aromatic heterocycles. The number of fused-ring (bicyclic) bond motifs is 5. The van der Waals surface area contributed by atoms with Crippen molar-refractivity contribution in [2.75, 3.05) is 4.90 Å². The Morgan fingerprint density at radius 3 is 1.86 bits per heavy atom. The van der Waals surface area contributed by atoms with Gasteiger partial charge in [-0.3, -0.25) is 0 Å². The molecule has 0 saturated heterocycles. The summed E-state index contributed by atoms with van der Waals surface area (Å²) in [5.41, 5.74) is 13.7. The molecule has 0 radical (unpaired) electrons. The summed E-state index contributed by atoms with van der Waals surface area (Å²) in [5, 5.41) is 5.32. The van der Waals surface area contributed by atoms with Crippen LogP contribution < -0.4 is 4.90 Å². The molecule has 10 rings (SSSR count). The minimum Gasteiger partial charge on any atom is -0.311 e. The zero-order chi connectivity index (χ0) is 34.1. The van der Waals surface area contributed by atoms with E-state index in [2.05, 4.69) is 195 Å². The summed E-state index contributed by atoms with van der Waals surface area (Å²) in [7, 11) is 0. The van der Waals surface area contributed by atoms with E-state index < -0.39 is 0 Å². The van der Waals surface area contributed by atoms with Gasteiger partial charge in [-0.05, 0) is 104 Å². The van der Waals surface area contributed by atoms with Crippen LogP contribution in [0.3, 0.4) is 0 Å². The lowest BCUT2D eigenvalue weighted by Crippen LogP contribution is -2.24. The molecule has 0 atom stereocenters. The van der Waals surface area contributed by atoms with Crippen LogP contribution in [0.15, 0.2) is 176 Å². The number of anilines is 3. The fourth-order valence-corrected chi connectivity index (χ4v) is 9.63. The Bertz CT molecular complexity index is 2720. The van der Waals surface area contributed by atoms with Gasteiger partial charge in [0.15, 0.2) is 0 Å². The summed E-state index contributed by atoms with van der Waals surface area (Å²) in [5.74, 6) is 0. The standard InChI is InChI=1S/C49H35NS/c1-49(2)43-30-26-34(39-19-12-20-41-40-18-9-10-22-45(40)51-48(39)41)31-42(43)47-38(29-25-33-13-11-21-44(49)46(33)47)32-23-27-37(28-24-32)50(35-14-5-3-6-15-35)36-16-7-4-8-17-36/h3-31H,1-2H3. The molecule has 0 N–H and O–H groups in total. The first-order chi connectivity index (χ1) is 25.1. The molecule has 0 unspecified atom stereocenters. The van der Waals surface area contributed by atoms with Gasteiger partial charge in [0.1, 0.15) is 0 Å². The molecule has 1 aliphatic carbocycles. The first kappa shape index (κ1) is 29.9. The number of thiophene rings is 1. The molecule has 0 saturated carbocycles. The Kier molecular flexibility index (Phi) is 6.78. The monoisotopic (exact) mass is 669 g/mol. The predicted molar refractivity (Wildman–Crippen MR) is 220 cm³/mol. The third kappa shape index (κ3) is 4.67. The zero-order valence-electron chi connectivity index (χ0n) is 28.6. The van der Waals surface area contributed by atoms with Crippen LogP contribution >= 0.6 is 11.3 Å². The van der Waals surface area contributed by atoms with E-state index in [0.29, 0.717) is 0 Å². The lowest BCUT2D eigenvalue weighted by molar-refractivity contribution is 0.645. The average molecular weight is 670 g/mol. The third-order valence-corrected chi connectivity index (χ3v) is 12.1. The van der Waals surface area contributed by atoms with Gasteiger partial charge in [0, 0.05) is 42.6 Å². The van der Waals surface area contributed by atoms with Gasteiger partial charge in [-0.15, -0.1) is 11.3 Å². The van der Waals surface area contributed by atoms with Crippen molar-refractivity contribution in [2.24, 2.45) is 0 Å². The molecular weight excluding hydrogens is 635 g/mol. The molecule has 51 heavy (non-hydrogen) atoms. The summed E-state index contributed by atoms with van der Waals surface area (Å²) in [4.78, 5) is 2.32. The van der Waals surface area contributed by atoms with Gasteiger partial charge in [-0.2, -0.15) is 0 Å². The number of nitrogens with zero attached hydrogens (tertiary/aromatic N) is 1. The van der Waals surface area contributed by atoms with Gasteiger partial charge in [0.05, 0.1) is 0 Å². The fourth-order valence-electron chi connectivity index (χ4n) is 8.39. The first-order valence-corrected chi connectivity index (χ1v) is 18.5. The van der Waals surface area contributed by atoms with Crippen molar-refractivity contribution in [3.8, 4) is 33.4 Å². The van der Waals surface area contributed by atoms with Gasteiger partial charge < -0.3 is 4.90 Å². The van der Waals surface area contributed by atoms with Crippen molar-refractivity contribution in [3.63, 3.8) is 0 Å². The molecule has 0 aliphatic heterocycles. The minimum atomic E-state index is -0.141. The number of rotatable bonds is 5. The molecule has 0 spiro atoms. The van der Waals surface area contributed by atoms with E-state index in [1.165, 1.54) is 75.5 Å². The van der Waals surface area contributed by atoms with Crippen molar-refractivity contribution in [1.82, 2.24) is 0 Å². The van der Waals surface area contributed by atoms with Crippen LogP contribution in [-0.2, 0) is 5.41 Å². The summed E-state index contributed by atoms with van der Waals surface area (Å²) in [6, 6.07) is 64.7. The van der Waals surface area contributed by atoms with Crippen LogP contribution in [0.1, 0.15) is 25.0 Å². The highest BCUT2D eigenvalue weighted by molar-refractivity contribution is 7.26. The Balaban J connectivity index is 1.17. The van der Waals surface area contributed by atoms with Crippen LogP contribution in [0.2, 0.25) is 0 Å². The van der Waals surface area contributed by atoms with Crippen LogP contribution in [0.5, 0.6) is 0 Å². The summed E-state index contributed by atoms with van der Waals surface area (Å²) in [6.45, 7) is 4.78. The van der Waals surface area contributed by atoms with Gasteiger partial charge in [0.2, 0.25) is 0 Å². The molecule has 9 aromatic rings. The van der Waals surface area contributed by atoms with E-state index in [4.69, 9.17) is 0 Å². The van der Waals surface area contributed by atoms with Crippen LogP contribution in [0.25, 0.3) is 64.3 Å². The normalized spacial score (nSPS) is 13.1. The second-order valence-corrected chi connectivity index (χ2v) is 15.2. The van der Waals surface area contributed by atoms with E-state index in [1.807, 2.05) is 11.3 Å². The van der Waals surface area contributed by atoms with E-state index in [-0.39, 0.29) is 5.41 Å². The lowest BCUT2D eigenvalue weighted by Gasteiger charge is -2.36. The number of benzene rings is 8. The Morgan fingerprint density at radius 2 is 1.10 bits per heavy atom. The molecular formula is C49H35NS. The number of para-hydroxylation sites is 2. The first-order valence-electron chi connectivity index (χ1n) is 17.7. The quantitative estimate of drug-likeness (QED) is 0.176. The van der Waals surface area contributed by atoms with Gasteiger partial charge in [-0.1, -0.05) is 141 Å². The minimum absolute atomic E-state index is 0.141. The highest BCUT2D eigenvalue weighted by Crippen LogP contribution is 2.53. The van der Waals surface area contributed by atoms with Gasteiger partial charge >= 0.3 is 0 Å². The maximum absolute atomic E-state index is 2.48. The van der Waals surface area contributed by atoms with E-state index in [9.17, 15) is 0 Å². The lowest BCUT2D eigenvalue weighted by atomic mass is 9.67. The maximum atomic E-state index is 2.48. The maximum Gasteiger partial charge on any atom is 0.0462 e. The smallest absolute Gasteiger partial charge is 0.0462 e. The molecule has 0 bridgehead atoms. The summed E-state index contributed by atoms with van der Waals surface area (Å²) in [6.07, 6.45) is 0. The molecule has 1 heterocycles. The second kappa shape index (κ2) is 11.6. The van der Waals surface area contributed by atoms with Gasteiger partial charge in [0.25, 0.3) is 0 Å². The van der Waals surface area contributed by atoms with Crippen LogP contribution in [0, 0.1) is 0 Å². The highest BCUT2D eigenvalue weighted by Gasteiger charge is 2.35. The zero-order valence-corrected chi connectivity index (χ0v) is 29.4. The van der Waals surface area contributed by atoms with Crippen molar-refractivity contribution < 1.29 is 0 Å². The molecule has 1 nitrogen and oxygen atoms in total. The van der Waals surface area contributed by atoms with Crippen LogP contribution in [0.4, 0.5) is 17.1 Å². The molecule has 1 aliphatic rings. The van der Waals surface area contributed by atoms with E-state index in [0.717, 1.165) is 17.1 Å². The Hall–Kier alpha value is -5.96.